The second kappa shape index (κ2) is 6.19. The minimum atomic E-state index is -0.134. The van der Waals surface area contributed by atoms with E-state index in [0.29, 0.717) is 11.4 Å². The van der Waals surface area contributed by atoms with Gasteiger partial charge in [-0.1, -0.05) is 24.6 Å². The van der Waals surface area contributed by atoms with Crippen molar-refractivity contribution in [1.82, 2.24) is 4.98 Å². The highest BCUT2D eigenvalue weighted by molar-refractivity contribution is 8.01. The molecule has 2 heterocycles. The average Bonchev–Trinajstić information content (AvgIpc) is 3.12. The van der Waals surface area contributed by atoms with E-state index in [1.165, 1.54) is 28.0 Å². The lowest BCUT2D eigenvalue weighted by atomic mass is 9.81. The summed E-state index contributed by atoms with van der Waals surface area (Å²) in [6, 6.07) is 7.61. The van der Waals surface area contributed by atoms with Crippen LogP contribution in [-0.4, -0.2) is 22.6 Å². The van der Waals surface area contributed by atoms with Gasteiger partial charge in [-0.3, -0.25) is 14.5 Å². The van der Waals surface area contributed by atoms with Crippen molar-refractivity contribution in [2.45, 2.75) is 30.0 Å². The van der Waals surface area contributed by atoms with Crippen molar-refractivity contribution in [2.24, 2.45) is 11.8 Å². The first-order chi connectivity index (χ1) is 11.7. The van der Waals surface area contributed by atoms with E-state index < -0.39 is 0 Å². The van der Waals surface area contributed by atoms with Crippen LogP contribution in [0, 0.1) is 23.2 Å². The van der Waals surface area contributed by atoms with E-state index in [0.717, 1.165) is 40.2 Å². The molecule has 1 saturated carbocycles. The Bertz CT molecular complexity index is 846. The molecule has 2 aliphatic rings. The van der Waals surface area contributed by atoms with Gasteiger partial charge < -0.3 is 0 Å². The summed E-state index contributed by atoms with van der Waals surface area (Å²) in [7, 11) is 0. The van der Waals surface area contributed by atoms with Gasteiger partial charge in [-0.2, -0.15) is 5.26 Å². The molecular formula is C17H15N3O2S2. The van der Waals surface area contributed by atoms with Crippen molar-refractivity contribution in [3.05, 3.63) is 18.2 Å². The zero-order valence-electron chi connectivity index (χ0n) is 12.9. The maximum Gasteiger partial charge on any atom is 0.237 e. The first kappa shape index (κ1) is 15.6. The molecule has 1 aliphatic carbocycles. The van der Waals surface area contributed by atoms with Gasteiger partial charge in [0.25, 0.3) is 0 Å². The zero-order valence-corrected chi connectivity index (χ0v) is 14.5. The van der Waals surface area contributed by atoms with Crippen LogP contribution >= 0.6 is 23.1 Å². The Morgan fingerprint density at radius 2 is 1.96 bits per heavy atom. The molecular weight excluding hydrogens is 342 g/mol. The fourth-order valence-corrected chi connectivity index (χ4v) is 5.37. The molecule has 1 aromatic heterocycles. The summed E-state index contributed by atoms with van der Waals surface area (Å²) in [5, 5.41) is 8.67. The zero-order chi connectivity index (χ0) is 16.7. The summed E-state index contributed by atoms with van der Waals surface area (Å²) in [5.41, 5.74) is 1.48. The number of fused-ring (bicyclic) bond motifs is 2. The monoisotopic (exact) mass is 357 g/mol. The normalized spacial score (nSPS) is 23.5. The molecule has 0 unspecified atom stereocenters. The largest absolute Gasteiger partial charge is 0.274 e. The number of thiazole rings is 1. The average molecular weight is 357 g/mol. The molecule has 2 fully saturated rings. The predicted molar refractivity (Wildman–Crippen MR) is 93.9 cm³/mol. The van der Waals surface area contributed by atoms with Crippen LogP contribution in [0.15, 0.2) is 22.5 Å². The van der Waals surface area contributed by atoms with Gasteiger partial charge in [0.15, 0.2) is 4.34 Å². The van der Waals surface area contributed by atoms with Crippen molar-refractivity contribution in [3.63, 3.8) is 0 Å². The number of hydrogen-bond donors (Lipinski definition) is 0. The molecule has 122 valence electrons. The lowest BCUT2D eigenvalue weighted by molar-refractivity contribution is -0.122. The van der Waals surface area contributed by atoms with Crippen LogP contribution in [0.3, 0.4) is 0 Å². The van der Waals surface area contributed by atoms with Crippen molar-refractivity contribution in [3.8, 4) is 6.07 Å². The number of anilines is 1. The molecule has 0 bridgehead atoms. The second-order valence-electron chi connectivity index (χ2n) is 6.09. The minimum absolute atomic E-state index is 0.0485. The molecule has 2 aromatic rings. The molecule has 2 amide bonds. The Kier molecular flexibility index (Phi) is 4.02. The van der Waals surface area contributed by atoms with Gasteiger partial charge in [-0.15, -0.1) is 11.3 Å². The van der Waals surface area contributed by atoms with E-state index in [1.807, 2.05) is 12.1 Å². The molecule has 2 atom stereocenters. The number of rotatable bonds is 3. The number of carbonyl (C=O) groups is 2. The summed E-state index contributed by atoms with van der Waals surface area (Å²) in [5.74, 6) is -0.00494. The van der Waals surface area contributed by atoms with Crippen molar-refractivity contribution < 1.29 is 9.59 Å². The summed E-state index contributed by atoms with van der Waals surface area (Å²) in [4.78, 5) is 31.2. The van der Waals surface area contributed by atoms with Gasteiger partial charge in [-0.05, 0) is 31.0 Å². The van der Waals surface area contributed by atoms with Crippen LogP contribution in [-0.2, 0) is 9.59 Å². The molecule has 4 rings (SSSR count). The van der Waals surface area contributed by atoms with E-state index in [-0.39, 0.29) is 23.7 Å². The van der Waals surface area contributed by atoms with E-state index in [2.05, 4.69) is 11.1 Å². The molecule has 7 heteroatoms. The number of imide groups is 1. The number of amides is 2. The van der Waals surface area contributed by atoms with Crippen LogP contribution in [0.2, 0.25) is 0 Å². The Hall–Kier alpha value is -1.91. The molecule has 1 aromatic carbocycles. The number of benzene rings is 1. The number of nitrogens with zero attached hydrogens (tertiary/aromatic N) is 3. The molecule has 0 radical (unpaired) electrons. The highest BCUT2D eigenvalue weighted by Gasteiger charge is 2.48. The first-order valence-corrected chi connectivity index (χ1v) is 9.77. The van der Waals surface area contributed by atoms with E-state index in [9.17, 15) is 9.59 Å². The lowest BCUT2D eigenvalue weighted by Crippen LogP contribution is -2.30. The smallest absolute Gasteiger partial charge is 0.237 e. The molecule has 0 spiro atoms. The molecule has 1 aliphatic heterocycles. The predicted octanol–water partition coefficient (Wildman–Crippen LogP) is 3.59. The van der Waals surface area contributed by atoms with Crippen LogP contribution in [0.25, 0.3) is 10.2 Å². The summed E-state index contributed by atoms with van der Waals surface area (Å²) in [6.45, 7) is 0. The van der Waals surface area contributed by atoms with Crippen molar-refractivity contribution in [2.75, 3.05) is 10.7 Å². The van der Waals surface area contributed by atoms with E-state index >= 15 is 0 Å². The molecule has 24 heavy (non-hydrogen) atoms. The number of thioether (sulfide) groups is 1. The third-order valence-corrected chi connectivity index (χ3v) is 6.74. The van der Waals surface area contributed by atoms with Gasteiger partial charge in [-0.25, -0.2) is 4.98 Å². The highest BCUT2D eigenvalue weighted by atomic mass is 32.2. The second-order valence-corrected chi connectivity index (χ2v) is 8.34. The quantitative estimate of drug-likeness (QED) is 0.620. The third kappa shape index (κ3) is 2.50. The summed E-state index contributed by atoms with van der Waals surface area (Å²) in [6.07, 6.45) is 3.70. The highest BCUT2D eigenvalue weighted by Crippen LogP contribution is 2.41. The lowest BCUT2D eigenvalue weighted by Gasteiger charge is -2.19. The van der Waals surface area contributed by atoms with Gasteiger partial charge in [0.05, 0.1) is 39.6 Å². The standard InChI is InChI=1S/C17H15N3O2S2/c18-7-8-23-17-19-13-6-5-10(9-14(13)24-17)20-15(21)11-3-1-2-4-12(11)16(20)22/h5-6,9,11-12H,1-4,8H2/t11-,12+. The number of aromatic nitrogens is 1. The summed E-state index contributed by atoms with van der Waals surface area (Å²) < 4.78 is 1.76. The SMILES string of the molecule is N#CCSc1nc2ccc(N3C(=O)[C@H]4CCCC[C@H]4C3=O)cc2s1. The van der Waals surface area contributed by atoms with Crippen LogP contribution in [0.5, 0.6) is 0 Å². The topological polar surface area (TPSA) is 74.1 Å². The van der Waals surface area contributed by atoms with Crippen LogP contribution in [0.1, 0.15) is 25.7 Å². The number of carbonyl (C=O) groups excluding carboxylic acids is 2. The molecule has 5 nitrogen and oxygen atoms in total. The maximum absolute atomic E-state index is 12.7. The summed E-state index contributed by atoms with van der Waals surface area (Å²) >= 11 is 2.89. The van der Waals surface area contributed by atoms with Gasteiger partial charge in [0.1, 0.15) is 0 Å². The molecule has 1 saturated heterocycles. The van der Waals surface area contributed by atoms with E-state index in [1.54, 1.807) is 6.07 Å². The maximum atomic E-state index is 12.7. The third-order valence-electron chi connectivity index (χ3n) is 4.71. The number of hydrogen-bond acceptors (Lipinski definition) is 6. The Morgan fingerprint density at radius 1 is 1.25 bits per heavy atom. The van der Waals surface area contributed by atoms with Crippen LogP contribution < -0.4 is 4.90 Å². The Labute approximate surface area is 147 Å². The van der Waals surface area contributed by atoms with Crippen molar-refractivity contribution >= 4 is 50.8 Å². The van der Waals surface area contributed by atoms with Gasteiger partial charge in [0, 0.05) is 0 Å². The molecule has 0 N–H and O–H groups in total. The Balaban J connectivity index is 1.67. The number of nitriles is 1. The van der Waals surface area contributed by atoms with E-state index in [4.69, 9.17) is 5.26 Å². The fraction of sp³-hybridized carbons (Fsp3) is 0.412. The van der Waals surface area contributed by atoms with Gasteiger partial charge >= 0.3 is 0 Å². The van der Waals surface area contributed by atoms with Gasteiger partial charge in [0.2, 0.25) is 11.8 Å². The van der Waals surface area contributed by atoms with Crippen LogP contribution in [0.4, 0.5) is 5.69 Å². The van der Waals surface area contributed by atoms with Crippen molar-refractivity contribution in [1.29, 1.82) is 5.26 Å². The minimum Gasteiger partial charge on any atom is -0.274 e. The first-order valence-electron chi connectivity index (χ1n) is 7.97. The Morgan fingerprint density at radius 3 is 2.62 bits per heavy atom. The fourth-order valence-electron chi connectivity index (χ4n) is 3.60.